The van der Waals surface area contributed by atoms with E-state index in [1.165, 1.54) is 4.90 Å². The minimum Gasteiger partial charge on any atom is -0.494 e. The lowest BCUT2D eigenvalue weighted by molar-refractivity contribution is -0.132. The Kier molecular flexibility index (Phi) is 11.4. The van der Waals surface area contributed by atoms with E-state index in [9.17, 15) is 27.9 Å². The molecule has 15 nitrogen and oxygen atoms in total. The lowest BCUT2D eigenvalue weighted by Crippen LogP contribution is -2.67. The van der Waals surface area contributed by atoms with Crippen LogP contribution in [0.4, 0.5) is 4.79 Å². The highest BCUT2D eigenvalue weighted by atomic mass is 32.2. The number of aliphatic hydroxyl groups is 1. The summed E-state index contributed by atoms with van der Waals surface area (Å²) in [5, 5.41) is 19.3. The molecule has 2 saturated heterocycles. The predicted octanol–water partition coefficient (Wildman–Crippen LogP) is 5.24. The second-order valence-corrected chi connectivity index (χ2v) is 21.0. The van der Waals surface area contributed by atoms with Gasteiger partial charge in [-0.3, -0.25) is 19.2 Å². The molecule has 8 rings (SSSR count). The summed E-state index contributed by atoms with van der Waals surface area (Å²) in [7, 11) is -4.00. The zero-order valence-electron chi connectivity index (χ0n) is 35.3. The zero-order valence-corrected chi connectivity index (χ0v) is 36.1. The van der Waals surface area contributed by atoms with Crippen molar-refractivity contribution in [3.05, 3.63) is 59.3 Å². The van der Waals surface area contributed by atoms with E-state index in [2.05, 4.69) is 20.3 Å². The van der Waals surface area contributed by atoms with Crippen LogP contribution in [0.1, 0.15) is 110 Å². The molecular weight excluding hydrogens is 789 g/mol. The SMILES string of the molecule is CC(C)(C)OC(=O)NC1CCCCC/C=C\[C@@H]2CC[C@@]2(C(=O)NS(=O)(=O)C2(C)CC2)N/C(O)=C2/C[C@]3(CCc4c(c(CN5CCOCC5)nc5ccccc45)O3)CN2C1=O. The van der Waals surface area contributed by atoms with Crippen LogP contribution in [-0.2, 0) is 42.1 Å². The van der Waals surface area contributed by atoms with Crippen molar-refractivity contribution in [2.75, 3.05) is 32.8 Å². The van der Waals surface area contributed by atoms with Crippen LogP contribution in [0.25, 0.3) is 10.9 Å². The molecule has 5 heterocycles. The molecule has 1 spiro atoms. The van der Waals surface area contributed by atoms with Gasteiger partial charge >= 0.3 is 6.09 Å². The van der Waals surface area contributed by atoms with Gasteiger partial charge in [-0.1, -0.05) is 43.2 Å². The third-order valence-electron chi connectivity index (χ3n) is 13.2. The highest BCUT2D eigenvalue weighted by Crippen LogP contribution is 2.48. The summed E-state index contributed by atoms with van der Waals surface area (Å²) < 4.78 is 46.6. The Morgan fingerprint density at radius 1 is 1.07 bits per heavy atom. The Bertz CT molecular complexity index is 2190. The Morgan fingerprint density at radius 2 is 1.83 bits per heavy atom. The first-order valence-electron chi connectivity index (χ1n) is 21.6. The summed E-state index contributed by atoms with van der Waals surface area (Å²) in [6.07, 6.45) is 9.47. The molecule has 2 aliphatic carbocycles. The summed E-state index contributed by atoms with van der Waals surface area (Å²) >= 11 is 0. The number of allylic oxidation sites excluding steroid dienone is 1. The van der Waals surface area contributed by atoms with E-state index in [0.717, 1.165) is 48.1 Å². The smallest absolute Gasteiger partial charge is 0.408 e. The average Bonchev–Trinajstić information content (AvgIpc) is 3.86. The number of morpholine rings is 1. The van der Waals surface area contributed by atoms with Crippen LogP contribution in [0, 0.1) is 5.92 Å². The molecule has 2 aromatic rings. The molecule has 16 heteroatoms. The summed E-state index contributed by atoms with van der Waals surface area (Å²) in [5.74, 6) is -1.35. The van der Waals surface area contributed by atoms with Crippen molar-refractivity contribution in [1.29, 1.82) is 0 Å². The number of hydrogen-bond acceptors (Lipinski definition) is 12. The molecule has 6 aliphatic rings. The number of carbonyl (C=O) groups is 3. The maximum atomic E-state index is 15.0. The molecule has 0 bridgehead atoms. The highest BCUT2D eigenvalue weighted by molar-refractivity contribution is 7.91. The molecule has 0 radical (unpaired) electrons. The number of nitrogens with zero attached hydrogens (tertiary/aromatic N) is 3. The minimum atomic E-state index is -4.00. The number of para-hydroxylation sites is 1. The number of aromatic nitrogens is 1. The number of benzene rings is 1. The Morgan fingerprint density at radius 3 is 2.55 bits per heavy atom. The number of ether oxygens (including phenoxy) is 3. The van der Waals surface area contributed by atoms with Gasteiger partial charge in [0.2, 0.25) is 21.8 Å². The number of sulfonamides is 1. The van der Waals surface area contributed by atoms with E-state index in [4.69, 9.17) is 19.2 Å². The number of carbonyl (C=O) groups excluding carboxylic acids is 3. The molecule has 2 saturated carbocycles. The Labute approximate surface area is 352 Å². The van der Waals surface area contributed by atoms with Gasteiger partial charge in [0, 0.05) is 42.9 Å². The largest absolute Gasteiger partial charge is 0.494 e. The van der Waals surface area contributed by atoms with Crippen LogP contribution in [-0.4, -0.2) is 107 Å². The van der Waals surface area contributed by atoms with Gasteiger partial charge in [-0.2, -0.15) is 0 Å². The monoisotopic (exact) mass is 848 g/mol. The molecule has 3 amide bonds. The maximum absolute atomic E-state index is 15.0. The predicted molar refractivity (Wildman–Crippen MR) is 224 cm³/mol. The van der Waals surface area contributed by atoms with Crippen molar-refractivity contribution in [3.8, 4) is 5.75 Å². The number of aliphatic hydroxyl groups excluding tert-OH is 1. The molecule has 4 atom stereocenters. The van der Waals surface area contributed by atoms with Crippen LogP contribution in [0.15, 0.2) is 48.0 Å². The van der Waals surface area contributed by atoms with Crippen LogP contribution >= 0.6 is 0 Å². The fourth-order valence-corrected chi connectivity index (χ4v) is 10.6. The zero-order chi connectivity index (χ0) is 42.5. The first-order chi connectivity index (χ1) is 28.5. The number of pyridine rings is 1. The lowest BCUT2D eigenvalue weighted by atomic mass is 9.65. The molecule has 4 N–H and O–H groups in total. The van der Waals surface area contributed by atoms with Crippen molar-refractivity contribution in [2.24, 2.45) is 5.92 Å². The van der Waals surface area contributed by atoms with E-state index in [1.54, 1.807) is 27.7 Å². The number of rotatable bonds is 6. The topological polar surface area (TPSA) is 189 Å². The first kappa shape index (κ1) is 42.3. The third-order valence-corrected chi connectivity index (χ3v) is 15.4. The highest BCUT2D eigenvalue weighted by Gasteiger charge is 2.58. The molecule has 1 unspecified atom stereocenters. The summed E-state index contributed by atoms with van der Waals surface area (Å²) in [5.41, 5.74) is -0.404. The fourth-order valence-electron chi connectivity index (χ4n) is 9.25. The summed E-state index contributed by atoms with van der Waals surface area (Å²) in [6, 6.07) is 7.02. The standard InChI is InChI=1S/C44H60N6O9S/c1-41(2,3)59-40(54)46-33-15-9-7-5-6-8-12-29-16-19-44(29,39(53)48-60(55,56)42(4)20-21-42)47-37(51)35-26-43(28-50(35)38(33)52)18-17-31-30-13-10-11-14-32(30)45-34(36(31)58-43)27-49-22-24-57-25-23-49/h8,10-14,29,33,47,51H,5-7,9,15-28H2,1-4H3,(H,46,54)(H,48,53)/b12-8-,37-35+/t29-,33?,43-,44-/m1/s1. The van der Waals surface area contributed by atoms with Gasteiger partial charge in [0.25, 0.3) is 5.91 Å². The number of alkyl carbamates (subject to hydrolysis) is 1. The van der Waals surface area contributed by atoms with Gasteiger partial charge in [-0.25, -0.2) is 18.2 Å². The number of hydrogen-bond donors (Lipinski definition) is 4. The van der Waals surface area contributed by atoms with E-state index in [1.807, 2.05) is 36.4 Å². The lowest BCUT2D eigenvalue weighted by Gasteiger charge is -2.47. The summed E-state index contributed by atoms with van der Waals surface area (Å²) in [6.45, 7) is 10.2. The molecule has 1 aromatic carbocycles. The molecule has 1 aromatic heterocycles. The second-order valence-electron chi connectivity index (χ2n) is 18.8. The average molecular weight is 849 g/mol. The van der Waals surface area contributed by atoms with Gasteiger partial charge in [0.05, 0.1) is 41.4 Å². The van der Waals surface area contributed by atoms with Crippen molar-refractivity contribution in [1.82, 2.24) is 30.1 Å². The van der Waals surface area contributed by atoms with Gasteiger partial charge in [-0.05, 0) is 91.5 Å². The number of amides is 3. The van der Waals surface area contributed by atoms with Crippen LogP contribution in [0.3, 0.4) is 0 Å². The van der Waals surface area contributed by atoms with Crippen LogP contribution < -0.4 is 20.1 Å². The number of nitrogens with one attached hydrogen (secondary N) is 3. The van der Waals surface area contributed by atoms with Crippen molar-refractivity contribution in [2.45, 2.75) is 139 Å². The number of aryl methyl sites for hydroxylation is 1. The normalized spacial score (nSPS) is 30.3. The van der Waals surface area contributed by atoms with E-state index in [-0.39, 0.29) is 25.1 Å². The van der Waals surface area contributed by atoms with Crippen molar-refractivity contribution >= 4 is 38.8 Å². The van der Waals surface area contributed by atoms with Gasteiger partial charge in [0.1, 0.15) is 28.5 Å². The Balaban J connectivity index is 1.19. The fraction of sp³-hybridized carbons (Fsp3) is 0.636. The van der Waals surface area contributed by atoms with E-state index >= 15 is 0 Å². The minimum absolute atomic E-state index is 0.0535. The van der Waals surface area contributed by atoms with Crippen LogP contribution in [0.5, 0.6) is 5.75 Å². The van der Waals surface area contributed by atoms with E-state index < -0.39 is 67.3 Å². The molecule has 326 valence electrons. The van der Waals surface area contributed by atoms with Crippen molar-refractivity contribution in [3.63, 3.8) is 0 Å². The van der Waals surface area contributed by atoms with Crippen molar-refractivity contribution < 1.29 is 42.1 Å². The second kappa shape index (κ2) is 16.1. The quantitative estimate of drug-likeness (QED) is 0.277. The molecule has 60 heavy (non-hydrogen) atoms. The van der Waals surface area contributed by atoms with Gasteiger partial charge in [-0.15, -0.1) is 0 Å². The Hall–Kier alpha value is -4.41. The number of fused-ring (bicyclic) bond motifs is 5. The molecular formula is C44H60N6O9S. The van der Waals surface area contributed by atoms with Gasteiger partial charge < -0.3 is 34.9 Å². The van der Waals surface area contributed by atoms with Crippen LogP contribution in [0.2, 0.25) is 0 Å². The molecule has 4 fully saturated rings. The van der Waals surface area contributed by atoms with Gasteiger partial charge in [0.15, 0.2) is 0 Å². The maximum Gasteiger partial charge on any atom is 0.408 e. The molecule has 4 aliphatic heterocycles. The third kappa shape index (κ3) is 8.43. The first-order valence-corrected chi connectivity index (χ1v) is 23.1. The van der Waals surface area contributed by atoms with E-state index in [0.29, 0.717) is 76.9 Å². The summed E-state index contributed by atoms with van der Waals surface area (Å²) in [4.78, 5) is 51.4.